The Morgan fingerprint density at radius 2 is 1.32 bits per heavy atom. The minimum Gasteiger partial charge on any atom is -0.506 e. The second-order valence-corrected chi connectivity index (χ2v) is 6.98. The number of carbonyl (C=O) groups is 3. The summed E-state index contributed by atoms with van der Waals surface area (Å²) >= 11 is 0. The van der Waals surface area contributed by atoms with Crippen LogP contribution in [0.25, 0.3) is 11.1 Å². The summed E-state index contributed by atoms with van der Waals surface area (Å²) in [5, 5.41) is 30.5. The van der Waals surface area contributed by atoms with Crippen molar-refractivity contribution in [3.05, 3.63) is 82.9 Å². The van der Waals surface area contributed by atoms with Crippen molar-refractivity contribution >= 4 is 23.7 Å². The summed E-state index contributed by atoms with van der Waals surface area (Å²) in [5.74, 6) is -4.12. The fourth-order valence-electron chi connectivity index (χ4n) is 3.79. The van der Waals surface area contributed by atoms with E-state index in [1.165, 1.54) is 0 Å². The molecule has 8 nitrogen and oxygen atoms in total. The van der Waals surface area contributed by atoms with E-state index in [0.29, 0.717) is 0 Å². The third-order valence-corrected chi connectivity index (χ3v) is 5.16. The molecule has 3 aromatic carbocycles. The lowest BCUT2D eigenvalue weighted by Gasteiger charge is -2.15. The van der Waals surface area contributed by atoms with E-state index in [2.05, 4.69) is 5.32 Å². The molecule has 31 heavy (non-hydrogen) atoms. The predicted molar refractivity (Wildman–Crippen MR) is 111 cm³/mol. The van der Waals surface area contributed by atoms with E-state index >= 15 is 0 Å². The molecule has 1 aliphatic rings. The molecule has 0 aliphatic heterocycles. The molecule has 0 radical (unpaired) electrons. The maximum absolute atomic E-state index is 12.3. The van der Waals surface area contributed by atoms with Crippen LogP contribution in [0.3, 0.4) is 0 Å². The average molecular weight is 419 g/mol. The van der Waals surface area contributed by atoms with Crippen LogP contribution in [0, 0.1) is 0 Å². The smallest absolute Gasteiger partial charge is 0.411 e. The van der Waals surface area contributed by atoms with Crippen LogP contribution in [0.4, 0.5) is 10.5 Å². The number of rotatable bonds is 5. The van der Waals surface area contributed by atoms with Gasteiger partial charge >= 0.3 is 18.0 Å². The van der Waals surface area contributed by atoms with Gasteiger partial charge < -0.3 is 20.1 Å². The number of nitrogens with one attached hydrogen (secondary N) is 1. The Hall–Kier alpha value is -4.33. The monoisotopic (exact) mass is 419 g/mol. The lowest BCUT2D eigenvalue weighted by molar-refractivity contribution is 0.0691. The summed E-state index contributed by atoms with van der Waals surface area (Å²) < 4.78 is 5.37. The lowest BCUT2D eigenvalue weighted by atomic mass is 9.98. The van der Waals surface area contributed by atoms with Gasteiger partial charge in [0, 0.05) is 11.6 Å². The zero-order valence-corrected chi connectivity index (χ0v) is 16.0. The molecular weight excluding hydrogens is 402 g/mol. The minimum atomic E-state index is -1.53. The number of benzene rings is 3. The number of carbonyl (C=O) groups excluding carboxylic acids is 1. The predicted octanol–water partition coefficient (Wildman–Crippen LogP) is 4.15. The van der Waals surface area contributed by atoms with Crippen molar-refractivity contribution in [1.29, 1.82) is 0 Å². The van der Waals surface area contributed by atoms with Crippen LogP contribution in [0.1, 0.15) is 37.8 Å². The highest BCUT2D eigenvalue weighted by Gasteiger charge is 2.29. The summed E-state index contributed by atoms with van der Waals surface area (Å²) in [6.07, 6.45) is -0.875. The Morgan fingerprint density at radius 3 is 1.81 bits per heavy atom. The molecule has 4 rings (SSSR count). The van der Waals surface area contributed by atoms with Crippen molar-refractivity contribution in [3.63, 3.8) is 0 Å². The molecule has 1 amide bonds. The Balaban J connectivity index is 1.53. The van der Waals surface area contributed by atoms with E-state index in [4.69, 9.17) is 14.9 Å². The van der Waals surface area contributed by atoms with Crippen LogP contribution in [-0.2, 0) is 4.74 Å². The van der Waals surface area contributed by atoms with E-state index in [1.54, 1.807) is 0 Å². The fraction of sp³-hybridized carbons (Fsp3) is 0.0870. The molecule has 0 saturated heterocycles. The molecular formula is C23H17NO7. The first-order chi connectivity index (χ1) is 14.9. The Kier molecular flexibility index (Phi) is 5.04. The average Bonchev–Trinajstić information content (AvgIpc) is 3.07. The number of hydrogen-bond acceptors (Lipinski definition) is 5. The molecule has 0 aromatic heterocycles. The molecule has 8 heteroatoms. The van der Waals surface area contributed by atoms with Crippen molar-refractivity contribution in [2.75, 3.05) is 11.9 Å². The molecule has 0 atom stereocenters. The zero-order chi connectivity index (χ0) is 22.1. The molecule has 4 N–H and O–H groups in total. The highest BCUT2D eigenvalue weighted by Crippen LogP contribution is 2.44. The topological polar surface area (TPSA) is 133 Å². The van der Waals surface area contributed by atoms with Gasteiger partial charge in [0.1, 0.15) is 23.5 Å². The van der Waals surface area contributed by atoms with E-state index in [-0.39, 0.29) is 18.2 Å². The summed E-state index contributed by atoms with van der Waals surface area (Å²) in [7, 11) is 0. The van der Waals surface area contributed by atoms with E-state index in [0.717, 1.165) is 34.4 Å². The molecule has 0 saturated carbocycles. The van der Waals surface area contributed by atoms with Crippen molar-refractivity contribution in [2.24, 2.45) is 0 Å². The third-order valence-electron chi connectivity index (χ3n) is 5.16. The number of fused-ring (bicyclic) bond motifs is 3. The van der Waals surface area contributed by atoms with Crippen molar-refractivity contribution in [3.8, 4) is 16.9 Å². The largest absolute Gasteiger partial charge is 0.506 e. The van der Waals surface area contributed by atoms with Gasteiger partial charge in [-0.2, -0.15) is 0 Å². The number of ether oxygens (including phenoxy) is 1. The Labute approximate surface area is 176 Å². The maximum Gasteiger partial charge on any atom is 0.411 e. The second kappa shape index (κ2) is 7.83. The van der Waals surface area contributed by atoms with Crippen LogP contribution in [-0.4, -0.2) is 40.0 Å². The van der Waals surface area contributed by atoms with Crippen molar-refractivity contribution < 1.29 is 34.4 Å². The Bertz CT molecular complexity index is 1140. The number of carboxylic acids is 2. The molecule has 0 spiro atoms. The minimum absolute atomic E-state index is 0.0372. The molecule has 0 unspecified atom stereocenters. The van der Waals surface area contributed by atoms with Gasteiger partial charge in [-0.1, -0.05) is 48.5 Å². The van der Waals surface area contributed by atoms with E-state index in [9.17, 15) is 19.5 Å². The second-order valence-electron chi connectivity index (χ2n) is 6.98. The van der Waals surface area contributed by atoms with Crippen LogP contribution in [0.2, 0.25) is 0 Å². The van der Waals surface area contributed by atoms with Crippen LogP contribution in [0.5, 0.6) is 5.75 Å². The SMILES string of the molecule is O=C(Nc1cc(C(=O)O)c(O)c(C(=O)O)c1)OCC1c2ccccc2-c2ccccc21. The van der Waals surface area contributed by atoms with Gasteiger partial charge in [-0.05, 0) is 34.4 Å². The molecule has 156 valence electrons. The van der Waals surface area contributed by atoms with Gasteiger partial charge in [-0.15, -0.1) is 0 Å². The van der Waals surface area contributed by atoms with E-state index < -0.39 is 34.9 Å². The van der Waals surface area contributed by atoms with Crippen LogP contribution >= 0.6 is 0 Å². The number of aromatic carboxylic acids is 2. The summed E-state index contributed by atoms with van der Waals surface area (Å²) in [6.45, 7) is 0.0372. The number of phenols is 1. The molecule has 0 heterocycles. The Morgan fingerprint density at radius 1 is 0.839 bits per heavy atom. The maximum atomic E-state index is 12.3. The summed E-state index contributed by atoms with van der Waals surface area (Å²) in [6, 6.07) is 17.6. The van der Waals surface area contributed by atoms with Gasteiger partial charge in [0.2, 0.25) is 0 Å². The number of anilines is 1. The molecule has 1 aliphatic carbocycles. The quantitative estimate of drug-likeness (QED) is 0.457. The number of hydrogen-bond donors (Lipinski definition) is 4. The fourth-order valence-corrected chi connectivity index (χ4v) is 3.79. The summed E-state index contributed by atoms with van der Waals surface area (Å²) in [5.41, 5.74) is 2.79. The third kappa shape index (κ3) is 3.66. The van der Waals surface area contributed by atoms with Gasteiger partial charge in [0.25, 0.3) is 0 Å². The standard InChI is InChI=1S/C23H17NO7/c25-20-17(21(26)27)9-12(10-18(20)22(28)29)24-23(30)31-11-19-15-7-3-1-5-13(15)14-6-2-4-8-16(14)19/h1-10,19,25H,11H2,(H,24,30)(H,26,27)(H,28,29). The number of carboxylic acid groups (broad SMARTS) is 2. The van der Waals surface area contributed by atoms with Crippen LogP contribution in [0.15, 0.2) is 60.7 Å². The van der Waals surface area contributed by atoms with E-state index in [1.807, 2.05) is 48.5 Å². The van der Waals surface area contributed by atoms with Crippen molar-refractivity contribution in [2.45, 2.75) is 5.92 Å². The lowest BCUT2D eigenvalue weighted by Crippen LogP contribution is -2.18. The van der Waals surface area contributed by atoms with Gasteiger partial charge in [-0.3, -0.25) is 5.32 Å². The molecule has 3 aromatic rings. The highest BCUT2D eigenvalue weighted by molar-refractivity contribution is 6.01. The first-order valence-corrected chi connectivity index (χ1v) is 9.32. The van der Waals surface area contributed by atoms with Gasteiger partial charge in [0.05, 0.1) is 0 Å². The number of amides is 1. The van der Waals surface area contributed by atoms with Crippen molar-refractivity contribution in [1.82, 2.24) is 0 Å². The van der Waals surface area contributed by atoms with Gasteiger partial charge in [0.15, 0.2) is 0 Å². The summed E-state index contributed by atoms with van der Waals surface area (Å²) in [4.78, 5) is 34.9. The van der Waals surface area contributed by atoms with Gasteiger partial charge in [-0.25, -0.2) is 14.4 Å². The molecule has 0 fully saturated rings. The molecule has 0 bridgehead atoms. The first kappa shape index (κ1) is 20.0. The van der Waals surface area contributed by atoms with Crippen LogP contribution < -0.4 is 5.32 Å². The normalized spacial score (nSPS) is 12.0. The number of aromatic hydroxyl groups is 1. The first-order valence-electron chi connectivity index (χ1n) is 9.32. The highest BCUT2D eigenvalue weighted by atomic mass is 16.5. The zero-order valence-electron chi connectivity index (χ0n) is 16.0.